The zero-order chi connectivity index (χ0) is 20.7. The zero-order valence-electron chi connectivity index (χ0n) is 15.3. The van der Waals surface area contributed by atoms with Gasteiger partial charge in [0, 0.05) is 6.20 Å². The van der Waals surface area contributed by atoms with Crippen LogP contribution in [0, 0.1) is 0 Å². The summed E-state index contributed by atoms with van der Waals surface area (Å²) in [4.78, 5) is 15.7. The number of rotatable bonds is 8. The average Bonchev–Trinajstić information content (AvgIpc) is 2.64. The second kappa shape index (κ2) is 9.64. The standard InChI is InChI=1S/C19H19ClF3NO4/c1-3-4-11-26-18(25)12(2)27-14-7-5-6-8-15(14)28-17-16(20)13(9-10-24-17)19(21,22)23/h5-10,12H,3-4,11H2,1-2H3. The smallest absolute Gasteiger partial charge is 0.418 e. The lowest BCUT2D eigenvalue weighted by Gasteiger charge is -2.17. The molecule has 0 amide bonds. The number of esters is 1. The number of pyridine rings is 1. The zero-order valence-corrected chi connectivity index (χ0v) is 16.0. The van der Waals surface area contributed by atoms with Crippen molar-refractivity contribution in [2.45, 2.75) is 39.0 Å². The van der Waals surface area contributed by atoms with E-state index in [1.165, 1.54) is 19.1 Å². The number of alkyl halides is 3. The molecule has 0 aliphatic heterocycles. The Hall–Kier alpha value is -2.48. The molecule has 1 unspecified atom stereocenters. The topological polar surface area (TPSA) is 57.7 Å². The molecule has 2 rings (SSSR count). The molecule has 0 saturated carbocycles. The number of carbonyl (C=O) groups is 1. The van der Waals surface area contributed by atoms with Crippen LogP contribution in [-0.4, -0.2) is 23.7 Å². The second-order valence-electron chi connectivity index (χ2n) is 5.81. The van der Waals surface area contributed by atoms with Gasteiger partial charge in [0.2, 0.25) is 5.88 Å². The summed E-state index contributed by atoms with van der Waals surface area (Å²) >= 11 is 5.80. The first kappa shape index (κ1) is 21.8. The molecular weight excluding hydrogens is 399 g/mol. The highest BCUT2D eigenvalue weighted by Crippen LogP contribution is 2.40. The maximum Gasteiger partial charge on any atom is 0.418 e. The third-order valence-corrected chi connectivity index (χ3v) is 3.96. The van der Waals surface area contributed by atoms with Gasteiger partial charge in [0.15, 0.2) is 17.6 Å². The van der Waals surface area contributed by atoms with Crippen molar-refractivity contribution in [3.05, 3.63) is 47.1 Å². The predicted molar refractivity (Wildman–Crippen MR) is 96.7 cm³/mol. The maximum atomic E-state index is 13.0. The summed E-state index contributed by atoms with van der Waals surface area (Å²) < 4.78 is 55.0. The summed E-state index contributed by atoms with van der Waals surface area (Å²) in [7, 11) is 0. The van der Waals surface area contributed by atoms with Gasteiger partial charge in [-0.3, -0.25) is 0 Å². The third kappa shape index (κ3) is 5.76. The Morgan fingerprint density at radius 2 is 1.89 bits per heavy atom. The minimum atomic E-state index is -4.65. The largest absolute Gasteiger partial charge is 0.475 e. The van der Waals surface area contributed by atoms with Gasteiger partial charge in [-0.1, -0.05) is 37.1 Å². The van der Waals surface area contributed by atoms with Crippen LogP contribution in [0.4, 0.5) is 13.2 Å². The van der Waals surface area contributed by atoms with E-state index in [1.54, 1.807) is 12.1 Å². The molecule has 0 aliphatic carbocycles. The number of carbonyl (C=O) groups excluding carboxylic acids is 1. The number of unbranched alkanes of at least 4 members (excludes halogenated alkanes) is 1. The molecule has 0 N–H and O–H groups in total. The van der Waals surface area contributed by atoms with Crippen LogP contribution < -0.4 is 9.47 Å². The van der Waals surface area contributed by atoms with Crippen LogP contribution >= 0.6 is 11.6 Å². The number of aromatic nitrogens is 1. The molecule has 28 heavy (non-hydrogen) atoms. The van der Waals surface area contributed by atoms with E-state index in [2.05, 4.69) is 4.98 Å². The van der Waals surface area contributed by atoms with Crippen molar-refractivity contribution in [1.82, 2.24) is 4.98 Å². The first-order chi connectivity index (χ1) is 13.2. The first-order valence-electron chi connectivity index (χ1n) is 8.56. The maximum absolute atomic E-state index is 13.0. The van der Waals surface area contributed by atoms with E-state index in [1.807, 2.05) is 6.92 Å². The number of para-hydroxylation sites is 2. The van der Waals surface area contributed by atoms with E-state index in [-0.39, 0.29) is 18.1 Å². The van der Waals surface area contributed by atoms with Crippen LogP contribution in [0.2, 0.25) is 5.02 Å². The molecule has 1 aromatic heterocycles. The Morgan fingerprint density at radius 3 is 2.54 bits per heavy atom. The number of halogens is 4. The van der Waals surface area contributed by atoms with Crippen LogP contribution in [-0.2, 0) is 15.7 Å². The number of hydrogen-bond acceptors (Lipinski definition) is 5. The third-order valence-electron chi connectivity index (χ3n) is 3.60. The molecule has 1 atom stereocenters. The van der Waals surface area contributed by atoms with Gasteiger partial charge in [-0.25, -0.2) is 9.78 Å². The van der Waals surface area contributed by atoms with Crippen molar-refractivity contribution in [3.63, 3.8) is 0 Å². The molecule has 1 aromatic carbocycles. The van der Waals surface area contributed by atoms with E-state index >= 15 is 0 Å². The highest BCUT2D eigenvalue weighted by Gasteiger charge is 2.35. The molecule has 1 heterocycles. The molecule has 0 radical (unpaired) electrons. The van der Waals surface area contributed by atoms with Gasteiger partial charge in [0.1, 0.15) is 5.02 Å². The van der Waals surface area contributed by atoms with Gasteiger partial charge in [-0.15, -0.1) is 0 Å². The monoisotopic (exact) mass is 417 g/mol. The molecule has 0 bridgehead atoms. The van der Waals surface area contributed by atoms with E-state index in [0.29, 0.717) is 0 Å². The van der Waals surface area contributed by atoms with E-state index in [0.717, 1.165) is 25.1 Å². The quantitative estimate of drug-likeness (QED) is 0.410. The van der Waals surface area contributed by atoms with Gasteiger partial charge >= 0.3 is 12.1 Å². The van der Waals surface area contributed by atoms with E-state index in [9.17, 15) is 18.0 Å². The summed E-state index contributed by atoms with van der Waals surface area (Å²) in [5.41, 5.74) is -1.06. The number of nitrogens with zero attached hydrogens (tertiary/aromatic N) is 1. The van der Waals surface area contributed by atoms with Gasteiger partial charge in [0.05, 0.1) is 12.2 Å². The number of ether oxygens (including phenoxy) is 3. The SMILES string of the molecule is CCCCOC(=O)C(C)Oc1ccccc1Oc1nccc(C(F)(F)F)c1Cl. The number of benzene rings is 1. The molecule has 0 fully saturated rings. The lowest BCUT2D eigenvalue weighted by atomic mass is 10.2. The van der Waals surface area contributed by atoms with Gasteiger partial charge in [-0.2, -0.15) is 13.2 Å². The second-order valence-corrected chi connectivity index (χ2v) is 6.18. The number of hydrogen-bond donors (Lipinski definition) is 0. The Balaban J connectivity index is 2.18. The van der Waals surface area contributed by atoms with Crippen LogP contribution in [0.15, 0.2) is 36.5 Å². The van der Waals surface area contributed by atoms with Crippen molar-refractivity contribution < 1.29 is 32.2 Å². The van der Waals surface area contributed by atoms with Gasteiger partial charge in [0.25, 0.3) is 0 Å². The van der Waals surface area contributed by atoms with Crippen LogP contribution in [0.1, 0.15) is 32.3 Å². The van der Waals surface area contributed by atoms with Crippen molar-refractivity contribution in [1.29, 1.82) is 0 Å². The minimum Gasteiger partial charge on any atom is -0.475 e. The van der Waals surface area contributed by atoms with E-state index < -0.39 is 34.7 Å². The van der Waals surface area contributed by atoms with Gasteiger partial charge < -0.3 is 14.2 Å². The highest BCUT2D eigenvalue weighted by atomic mass is 35.5. The molecule has 2 aromatic rings. The summed E-state index contributed by atoms with van der Waals surface area (Å²) in [6, 6.07) is 6.94. The fourth-order valence-electron chi connectivity index (χ4n) is 2.12. The van der Waals surface area contributed by atoms with Crippen LogP contribution in [0.3, 0.4) is 0 Å². The normalized spacial score (nSPS) is 12.4. The van der Waals surface area contributed by atoms with Crippen molar-refractivity contribution in [2.75, 3.05) is 6.61 Å². The molecule has 0 spiro atoms. The van der Waals surface area contributed by atoms with Crippen molar-refractivity contribution in [2.24, 2.45) is 0 Å². The molecule has 5 nitrogen and oxygen atoms in total. The molecule has 9 heteroatoms. The lowest BCUT2D eigenvalue weighted by Crippen LogP contribution is -2.26. The fourth-order valence-corrected chi connectivity index (χ4v) is 2.38. The highest BCUT2D eigenvalue weighted by molar-refractivity contribution is 6.32. The Labute approximate surface area is 165 Å². The summed E-state index contributed by atoms with van der Waals surface area (Å²) in [6.07, 6.45) is -3.03. The molecular formula is C19H19ClF3NO4. The Morgan fingerprint density at radius 1 is 1.21 bits per heavy atom. The molecule has 0 saturated heterocycles. The van der Waals surface area contributed by atoms with E-state index in [4.69, 9.17) is 25.8 Å². The Bertz CT molecular complexity index is 814. The molecule has 0 aliphatic rings. The van der Waals surface area contributed by atoms with Crippen LogP contribution in [0.5, 0.6) is 17.4 Å². The molecule has 152 valence electrons. The predicted octanol–water partition coefficient (Wildman–Crippen LogP) is 5.66. The average molecular weight is 418 g/mol. The summed E-state index contributed by atoms with van der Waals surface area (Å²) in [6.45, 7) is 3.75. The summed E-state index contributed by atoms with van der Waals surface area (Å²) in [5.74, 6) is -0.786. The first-order valence-corrected chi connectivity index (χ1v) is 8.93. The summed E-state index contributed by atoms with van der Waals surface area (Å²) in [5, 5.41) is -0.670. The van der Waals surface area contributed by atoms with Crippen molar-refractivity contribution in [3.8, 4) is 17.4 Å². The van der Waals surface area contributed by atoms with Crippen LogP contribution in [0.25, 0.3) is 0 Å². The van der Waals surface area contributed by atoms with Crippen molar-refractivity contribution >= 4 is 17.6 Å². The lowest BCUT2D eigenvalue weighted by molar-refractivity contribution is -0.151. The fraction of sp³-hybridized carbons (Fsp3) is 0.368. The Kier molecular flexibility index (Phi) is 7.51. The van der Waals surface area contributed by atoms with Gasteiger partial charge in [-0.05, 0) is 31.5 Å². The minimum absolute atomic E-state index is 0.0597.